The van der Waals surface area contributed by atoms with Crippen LogP contribution in [0.25, 0.3) is 0 Å². The maximum absolute atomic E-state index is 11.5. The van der Waals surface area contributed by atoms with Crippen LogP contribution in [-0.4, -0.2) is 35.6 Å². The number of anilines is 4. The Morgan fingerprint density at radius 2 is 1.19 bits per heavy atom. The summed E-state index contributed by atoms with van der Waals surface area (Å²) in [4.78, 5) is 47.4. The van der Waals surface area contributed by atoms with Gasteiger partial charge >= 0.3 is 0 Å². The van der Waals surface area contributed by atoms with Crippen LogP contribution in [0.15, 0.2) is 128 Å². The fourth-order valence-electron chi connectivity index (χ4n) is 6.00. The van der Waals surface area contributed by atoms with Gasteiger partial charge in [-0.05, 0) is 100 Å². The monoisotopic (exact) mass is 791 g/mol. The average Bonchev–Trinajstić information content (AvgIpc) is 3.23. The van der Waals surface area contributed by atoms with E-state index in [4.69, 9.17) is 5.73 Å². The third kappa shape index (κ3) is 20.9. The molecule has 0 radical (unpaired) electrons. The number of carbonyl (C=O) groups excluding carboxylic acids is 3. The molecular formula is C48H65N5O5. The van der Waals surface area contributed by atoms with Gasteiger partial charge in [0.2, 0.25) is 11.8 Å². The summed E-state index contributed by atoms with van der Waals surface area (Å²) in [6.45, 7) is 11.8. The van der Waals surface area contributed by atoms with Gasteiger partial charge in [0, 0.05) is 72.9 Å². The van der Waals surface area contributed by atoms with Crippen LogP contribution in [0.3, 0.4) is 0 Å². The molecule has 2 aliphatic rings. The topological polar surface area (TPSA) is 139 Å². The van der Waals surface area contributed by atoms with Crippen LogP contribution < -0.4 is 20.9 Å². The van der Waals surface area contributed by atoms with Gasteiger partial charge in [-0.2, -0.15) is 0 Å². The minimum absolute atomic E-state index is 0.115. The Morgan fingerprint density at radius 3 is 1.67 bits per heavy atom. The second-order valence-corrected chi connectivity index (χ2v) is 14.2. The molecule has 0 aliphatic carbocycles. The lowest BCUT2D eigenvalue weighted by atomic mass is 10.1. The largest absolute Gasteiger partial charge is 0.399 e. The number of unbranched alkanes of at least 4 members (excludes halogenated alkanes) is 4. The predicted molar refractivity (Wildman–Crippen MR) is 241 cm³/mol. The second kappa shape index (κ2) is 29.5. The zero-order valence-electron chi connectivity index (χ0n) is 35.0. The number of nitrogens with zero attached hydrogens (tertiary/aromatic N) is 3. The molecule has 3 N–H and O–H groups in total. The van der Waals surface area contributed by atoms with Gasteiger partial charge in [-0.1, -0.05) is 101 Å². The molecule has 4 aromatic rings. The Balaban J connectivity index is 0.000000258. The van der Waals surface area contributed by atoms with E-state index in [1.54, 1.807) is 19.1 Å². The molecular weight excluding hydrogens is 727 g/mol. The van der Waals surface area contributed by atoms with E-state index < -0.39 is 0 Å². The Morgan fingerprint density at radius 1 is 0.690 bits per heavy atom. The van der Waals surface area contributed by atoms with Crippen molar-refractivity contribution in [2.75, 3.05) is 33.9 Å². The third-order valence-electron chi connectivity index (χ3n) is 9.24. The number of nitrogens with one attached hydrogen (secondary N) is 1. The number of hydrogen-bond acceptors (Lipinski definition) is 7. The number of nitro groups is 1. The fraction of sp³-hybridized carbons (Fsp3) is 0.396. The summed E-state index contributed by atoms with van der Waals surface area (Å²) >= 11 is 0. The van der Waals surface area contributed by atoms with Crippen molar-refractivity contribution in [2.24, 2.45) is 0 Å². The molecule has 58 heavy (non-hydrogen) atoms. The highest BCUT2D eigenvalue weighted by atomic mass is 16.6. The molecule has 2 amide bonds. The molecule has 312 valence electrons. The molecule has 10 heteroatoms. The van der Waals surface area contributed by atoms with Crippen LogP contribution in [0.2, 0.25) is 0 Å². The Hall–Kier alpha value is -5.77. The van der Waals surface area contributed by atoms with Crippen molar-refractivity contribution in [3.8, 4) is 0 Å². The number of nitro benzene ring substituents is 1. The Labute approximate surface area is 346 Å². The average molecular weight is 792 g/mol. The molecule has 0 aromatic heterocycles. The molecule has 0 spiro atoms. The number of nitrogen functional groups attached to an aromatic ring is 1. The first-order chi connectivity index (χ1) is 28.0. The van der Waals surface area contributed by atoms with Crippen LogP contribution >= 0.6 is 0 Å². The maximum Gasteiger partial charge on any atom is 0.269 e. The second-order valence-electron chi connectivity index (χ2n) is 14.2. The van der Waals surface area contributed by atoms with Gasteiger partial charge in [0.15, 0.2) is 0 Å². The number of carbonyl (C=O) groups is 3. The fourth-order valence-corrected chi connectivity index (χ4v) is 6.00. The number of hydrogen-bond donors (Lipinski definition) is 2. The molecule has 2 saturated heterocycles. The molecule has 2 heterocycles. The van der Waals surface area contributed by atoms with E-state index in [9.17, 15) is 24.5 Å². The van der Waals surface area contributed by atoms with Crippen molar-refractivity contribution in [1.29, 1.82) is 0 Å². The summed E-state index contributed by atoms with van der Waals surface area (Å²) in [5, 5.41) is 13.4. The number of amides is 2. The predicted octanol–water partition coefficient (Wildman–Crippen LogP) is 11.9. The first-order valence-corrected chi connectivity index (χ1v) is 20.8. The number of rotatable bonds is 12. The van der Waals surface area contributed by atoms with E-state index in [0.717, 1.165) is 99.3 Å². The molecule has 0 atom stereocenters. The van der Waals surface area contributed by atoms with E-state index in [0.29, 0.717) is 18.6 Å². The van der Waals surface area contributed by atoms with Crippen molar-refractivity contribution >= 4 is 46.0 Å². The summed E-state index contributed by atoms with van der Waals surface area (Å²) in [5.41, 5.74) is 10.3. The highest BCUT2D eigenvalue weighted by Gasteiger charge is 2.19. The van der Waals surface area contributed by atoms with Crippen LogP contribution in [0.5, 0.6) is 0 Å². The summed E-state index contributed by atoms with van der Waals surface area (Å²) in [5.74, 6) is 0.695. The van der Waals surface area contributed by atoms with Gasteiger partial charge in [-0.3, -0.25) is 19.7 Å². The minimum Gasteiger partial charge on any atom is -0.399 e. The highest BCUT2D eigenvalue weighted by molar-refractivity contribution is 5.94. The number of non-ortho nitro benzene ring substituents is 1. The molecule has 0 bridgehead atoms. The lowest BCUT2D eigenvalue weighted by Gasteiger charge is -2.30. The van der Waals surface area contributed by atoms with Gasteiger partial charge in [0.1, 0.15) is 5.78 Å². The van der Waals surface area contributed by atoms with E-state index in [2.05, 4.69) is 30.6 Å². The molecule has 10 nitrogen and oxygen atoms in total. The standard InChI is InChI=1S/C12H14N2O2.C12H17NO.C11H13NO.C7H14O.C6H7N/c1-10-4-2-3-9-13(10)11-5-7-12(8-6-11)14(15)16;1-2-3-5-10-12(14)13-11-8-6-4-7-9-11;13-11-8-4-5-9-12(11)10-6-2-1-3-7-10;1-3-4-5-6-7(2)8;7-6-4-2-1-3-5-6/h5-8H,1-4,9H2;4,6-9H,2-3,5,10H2,1H3,(H,13,14);1-3,6-7H,4-5,8-9H2;3-6H2,1-2H3;1-5H,7H2. The zero-order valence-corrected chi connectivity index (χ0v) is 35.0. The van der Waals surface area contributed by atoms with Gasteiger partial charge in [0.05, 0.1) is 4.92 Å². The van der Waals surface area contributed by atoms with Crippen molar-refractivity contribution in [3.63, 3.8) is 0 Å². The Kier molecular flexibility index (Phi) is 24.6. The van der Waals surface area contributed by atoms with Crippen molar-refractivity contribution in [2.45, 2.75) is 111 Å². The van der Waals surface area contributed by atoms with Gasteiger partial charge in [-0.25, -0.2) is 0 Å². The number of para-hydroxylation sites is 3. The number of Topliss-reactive ketones (excluding diaryl/α,β-unsaturated/α-hetero) is 1. The normalized spacial score (nSPS) is 13.1. The van der Waals surface area contributed by atoms with Crippen molar-refractivity contribution < 1.29 is 19.3 Å². The highest BCUT2D eigenvalue weighted by Crippen LogP contribution is 2.27. The molecule has 4 aromatic carbocycles. The summed E-state index contributed by atoms with van der Waals surface area (Å²) < 4.78 is 0. The van der Waals surface area contributed by atoms with Gasteiger partial charge < -0.3 is 25.6 Å². The summed E-state index contributed by atoms with van der Waals surface area (Å²) in [6.07, 6.45) is 14.3. The van der Waals surface area contributed by atoms with Gasteiger partial charge in [0.25, 0.3) is 5.69 Å². The molecule has 2 aliphatic heterocycles. The van der Waals surface area contributed by atoms with Gasteiger partial charge in [-0.15, -0.1) is 0 Å². The van der Waals surface area contributed by atoms with E-state index >= 15 is 0 Å². The van der Waals surface area contributed by atoms with Crippen LogP contribution in [0.1, 0.15) is 111 Å². The quantitative estimate of drug-likeness (QED) is 0.0630. The molecule has 6 rings (SSSR count). The number of piperidine rings is 2. The molecule has 2 fully saturated rings. The zero-order chi connectivity index (χ0) is 42.4. The summed E-state index contributed by atoms with van der Waals surface area (Å²) in [7, 11) is 0. The first-order valence-electron chi connectivity index (χ1n) is 20.8. The number of ketones is 1. The van der Waals surface area contributed by atoms with Crippen LogP contribution in [0, 0.1) is 10.1 Å². The molecule has 0 unspecified atom stereocenters. The lowest BCUT2D eigenvalue weighted by Crippen LogP contribution is -2.35. The smallest absolute Gasteiger partial charge is 0.269 e. The number of benzene rings is 4. The number of nitrogens with two attached hydrogens (primary N) is 1. The molecule has 0 saturated carbocycles. The first kappa shape index (κ1) is 48.4. The summed E-state index contributed by atoms with van der Waals surface area (Å²) in [6, 6.07) is 35.6. The SMILES string of the molecule is C=C1CCCCN1c1ccc([N+](=O)[O-])cc1.CCCCCC(=O)Nc1ccccc1.CCCCCC(C)=O.Nc1ccccc1.O=C1CCCCN1c1ccccc1. The van der Waals surface area contributed by atoms with Crippen molar-refractivity contribution in [1.82, 2.24) is 0 Å². The third-order valence-corrected chi connectivity index (χ3v) is 9.24. The Bertz CT molecular complexity index is 1750. The van der Waals surface area contributed by atoms with E-state index in [1.807, 2.05) is 95.9 Å². The maximum atomic E-state index is 11.5. The lowest BCUT2D eigenvalue weighted by molar-refractivity contribution is -0.384. The number of allylic oxidation sites excluding steroid dienone is 1. The minimum atomic E-state index is -0.380. The van der Waals surface area contributed by atoms with Crippen LogP contribution in [-0.2, 0) is 14.4 Å². The van der Waals surface area contributed by atoms with E-state index in [1.165, 1.54) is 31.4 Å². The van der Waals surface area contributed by atoms with Crippen molar-refractivity contribution in [3.05, 3.63) is 138 Å². The van der Waals surface area contributed by atoms with Crippen LogP contribution in [0.4, 0.5) is 28.4 Å². The van der Waals surface area contributed by atoms with E-state index in [-0.39, 0.29) is 22.4 Å².